The zero-order valence-corrected chi connectivity index (χ0v) is 13.9. The van der Waals surface area contributed by atoms with Gasteiger partial charge in [-0.25, -0.2) is 13.6 Å². The first kappa shape index (κ1) is 17.9. The molecule has 0 unspecified atom stereocenters. The zero-order chi connectivity index (χ0) is 18.8. The summed E-state index contributed by atoms with van der Waals surface area (Å²) in [4.78, 5) is 35.8. The lowest BCUT2D eigenvalue weighted by molar-refractivity contribution is -0.120. The number of rotatable bonds is 4. The number of thioether (sulfide) groups is 1. The van der Waals surface area contributed by atoms with Gasteiger partial charge in [-0.3, -0.25) is 9.59 Å². The third-order valence-corrected chi connectivity index (χ3v) is 4.88. The maximum Gasteiger partial charge on any atom is 0.335 e. The van der Waals surface area contributed by atoms with Crippen LogP contribution < -0.4 is 10.6 Å². The van der Waals surface area contributed by atoms with Crippen LogP contribution in [0.3, 0.4) is 0 Å². The number of amides is 2. The highest BCUT2D eigenvalue weighted by molar-refractivity contribution is 8.01. The normalized spacial score (nSPS) is 15.8. The van der Waals surface area contributed by atoms with Crippen molar-refractivity contribution in [3.8, 4) is 0 Å². The summed E-state index contributed by atoms with van der Waals surface area (Å²) < 4.78 is 26.1. The van der Waals surface area contributed by atoms with Crippen LogP contribution in [0.5, 0.6) is 0 Å². The highest BCUT2D eigenvalue weighted by Crippen LogP contribution is 2.37. The van der Waals surface area contributed by atoms with Gasteiger partial charge in [0.1, 0.15) is 0 Å². The number of hydrogen-bond acceptors (Lipinski definition) is 4. The summed E-state index contributed by atoms with van der Waals surface area (Å²) in [5, 5.41) is 13.3. The lowest BCUT2D eigenvalue weighted by Crippen LogP contribution is -2.32. The van der Waals surface area contributed by atoms with Gasteiger partial charge in [0.15, 0.2) is 11.6 Å². The van der Waals surface area contributed by atoms with Gasteiger partial charge in [0.25, 0.3) is 0 Å². The van der Waals surface area contributed by atoms with Crippen molar-refractivity contribution in [2.75, 3.05) is 10.6 Å². The van der Waals surface area contributed by atoms with E-state index in [1.165, 1.54) is 24.3 Å². The number of nitrogens with one attached hydrogen (secondary N) is 2. The van der Waals surface area contributed by atoms with Crippen molar-refractivity contribution in [3.05, 3.63) is 53.6 Å². The molecule has 2 amide bonds. The highest BCUT2D eigenvalue weighted by atomic mass is 32.2. The minimum absolute atomic E-state index is 0.0670. The van der Waals surface area contributed by atoms with Crippen LogP contribution in [0.4, 0.5) is 20.2 Å². The van der Waals surface area contributed by atoms with E-state index >= 15 is 0 Å². The Kier molecular flexibility index (Phi) is 4.90. The Hall–Kier alpha value is -2.94. The monoisotopic (exact) mass is 378 g/mol. The molecule has 0 aliphatic carbocycles. The molecule has 2 aromatic carbocycles. The number of carbonyl (C=O) groups is 3. The Balaban J connectivity index is 1.70. The zero-order valence-electron chi connectivity index (χ0n) is 13.1. The number of halogens is 2. The molecule has 0 saturated heterocycles. The summed E-state index contributed by atoms with van der Waals surface area (Å²) in [7, 11) is 0. The Labute approximate surface area is 150 Å². The average molecular weight is 378 g/mol. The number of carboxylic acids is 1. The van der Waals surface area contributed by atoms with Crippen molar-refractivity contribution in [2.24, 2.45) is 0 Å². The number of anilines is 2. The van der Waals surface area contributed by atoms with E-state index in [0.717, 1.165) is 23.9 Å². The van der Waals surface area contributed by atoms with Gasteiger partial charge in [-0.15, -0.1) is 11.8 Å². The first-order valence-corrected chi connectivity index (χ1v) is 8.31. The fourth-order valence-corrected chi connectivity index (χ4v) is 3.51. The molecular weight excluding hydrogens is 366 g/mol. The maximum atomic E-state index is 13.2. The summed E-state index contributed by atoms with van der Waals surface area (Å²) in [6.45, 7) is 0. The van der Waals surface area contributed by atoms with E-state index in [2.05, 4.69) is 10.6 Å². The Morgan fingerprint density at radius 2 is 1.92 bits per heavy atom. The topological polar surface area (TPSA) is 95.5 Å². The molecule has 0 radical (unpaired) electrons. The van der Waals surface area contributed by atoms with Gasteiger partial charge in [0, 0.05) is 23.1 Å². The molecule has 0 fully saturated rings. The van der Waals surface area contributed by atoms with Crippen LogP contribution in [0.25, 0.3) is 0 Å². The first-order chi connectivity index (χ1) is 12.3. The van der Waals surface area contributed by atoms with Crippen molar-refractivity contribution < 1.29 is 28.3 Å². The van der Waals surface area contributed by atoms with E-state index in [4.69, 9.17) is 5.11 Å². The molecular formula is C17H12F2N2O4S. The predicted octanol–water partition coefficient (Wildman–Crippen LogP) is 3.10. The van der Waals surface area contributed by atoms with Crippen LogP contribution in [-0.2, 0) is 9.59 Å². The maximum absolute atomic E-state index is 13.2. The second-order valence-electron chi connectivity index (χ2n) is 5.49. The average Bonchev–Trinajstić information content (AvgIpc) is 2.58. The van der Waals surface area contributed by atoms with Crippen LogP contribution in [0, 0.1) is 11.6 Å². The molecule has 0 aromatic heterocycles. The number of fused-ring (bicyclic) bond motifs is 1. The predicted molar refractivity (Wildman–Crippen MR) is 91.3 cm³/mol. The summed E-state index contributed by atoms with van der Waals surface area (Å²) in [6.07, 6.45) is -0.216. The third-order valence-electron chi connectivity index (χ3n) is 3.62. The SMILES string of the molecule is O=C(C[C@@H]1Sc2cc(C(=O)O)ccc2NC1=O)Nc1ccc(F)c(F)c1. The number of carbonyl (C=O) groups excluding carboxylic acids is 2. The van der Waals surface area contributed by atoms with Gasteiger partial charge in [-0.1, -0.05) is 0 Å². The van der Waals surface area contributed by atoms with E-state index in [0.29, 0.717) is 10.6 Å². The Morgan fingerprint density at radius 1 is 1.15 bits per heavy atom. The van der Waals surface area contributed by atoms with Crippen molar-refractivity contribution in [2.45, 2.75) is 16.6 Å². The molecule has 0 spiro atoms. The smallest absolute Gasteiger partial charge is 0.335 e. The molecule has 26 heavy (non-hydrogen) atoms. The largest absolute Gasteiger partial charge is 0.478 e. The standard InChI is InChI=1S/C17H12F2N2O4S/c18-10-3-2-9(6-11(10)19)20-15(22)7-14-16(23)21-12-4-1-8(17(24)25)5-13(12)26-14/h1-6,14H,7H2,(H,20,22)(H,21,23)(H,24,25)/t14-/m0/s1. The van der Waals surface area contributed by atoms with Gasteiger partial charge in [0.05, 0.1) is 16.5 Å². The van der Waals surface area contributed by atoms with Gasteiger partial charge < -0.3 is 15.7 Å². The second-order valence-corrected chi connectivity index (χ2v) is 6.74. The van der Waals surface area contributed by atoms with Crippen molar-refractivity contribution in [3.63, 3.8) is 0 Å². The van der Waals surface area contributed by atoms with Crippen LogP contribution >= 0.6 is 11.8 Å². The number of benzene rings is 2. The molecule has 0 bridgehead atoms. The highest BCUT2D eigenvalue weighted by Gasteiger charge is 2.29. The molecule has 134 valence electrons. The van der Waals surface area contributed by atoms with Gasteiger partial charge in [-0.05, 0) is 30.3 Å². The molecule has 6 nitrogen and oxygen atoms in total. The summed E-state index contributed by atoms with van der Waals surface area (Å²) in [6, 6.07) is 7.21. The van der Waals surface area contributed by atoms with E-state index < -0.39 is 34.7 Å². The molecule has 2 aromatic rings. The third kappa shape index (κ3) is 3.83. The molecule has 9 heteroatoms. The second kappa shape index (κ2) is 7.12. The van der Waals surface area contributed by atoms with Crippen LogP contribution in [0.1, 0.15) is 16.8 Å². The minimum Gasteiger partial charge on any atom is -0.478 e. The molecule has 1 aliphatic heterocycles. The Bertz CT molecular complexity index is 920. The van der Waals surface area contributed by atoms with E-state index in [9.17, 15) is 23.2 Å². The van der Waals surface area contributed by atoms with Crippen LogP contribution in [0.15, 0.2) is 41.3 Å². The lowest BCUT2D eigenvalue weighted by Gasteiger charge is -2.24. The summed E-state index contributed by atoms with van der Waals surface area (Å²) >= 11 is 1.07. The summed E-state index contributed by atoms with van der Waals surface area (Å²) in [5.74, 6) is -4.18. The van der Waals surface area contributed by atoms with Gasteiger partial charge in [0.2, 0.25) is 11.8 Å². The molecule has 1 aliphatic rings. The Morgan fingerprint density at radius 3 is 2.62 bits per heavy atom. The van der Waals surface area contributed by atoms with Gasteiger partial charge in [-0.2, -0.15) is 0 Å². The fourth-order valence-electron chi connectivity index (χ4n) is 2.36. The summed E-state index contributed by atoms with van der Waals surface area (Å²) in [5.41, 5.74) is 0.614. The van der Waals surface area contributed by atoms with Crippen molar-refractivity contribution in [1.82, 2.24) is 0 Å². The number of carboxylic acid groups (broad SMARTS) is 1. The minimum atomic E-state index is -1.10. The fraction of sp³-hybridized carbons (Fsp3) is 0.118. The number of aromatic carboxylic acids is 1. The van der Waals surface area contributed by atoms with E-state index in [1.54, 1.807) is 0 Å². The molecule has 0 saturated carbocycles. The first-order valence-electron chi connectivity index (χ1n) is 7.43. The van der Waals surface area contributed by atoms with Crippen LogP contribution in [0.2, 0.25) is 0 Å². The molecule has 3 rings (SSSR count). The van der Waals surface area contributed by atoms with Crippen LogP contribution in [-0.4, -0.2) is 28.1 Å². The molecule has 3 N–H and O–H groups in total. The van der Waals surface area contributed by atoms with Crippen molar-refractivity contribution >= 4 is 40.9 Å². The lowest BCUT2D eigenvalue weighted by atomic mass is 10.2. The molecule has 1 atom stereocenters. The van der Waals surface area contributed by atoms with Crippen molar-refractivity contribution in [1.29, 1.82) is 0 Å². The number of hydrogen-bond donors (Lipinski definition) is 3. The van der Waals surface area contributed by atoms with Gasteiger partial charge >= 0.3 is 5.97 Å². The quantitative estimate of drug-likeness (QED) is 0.760. The van der Waals surface area contributed by atoms with E-state index in [1.807, 2.05) is 0 Å². The molecule has 1 heterocycles. The van der Waals surface area contributed by atoms with E-state index in [-0.39, 0.29) is 17.7 Å².